The zero-order valence-corrected chi connectivity index (χ0v) is 9.74. The van der Waals surface area contributed by atoms with E-state index in [0.29, 0.717) is 16.9 Å². The smallest absolute Gasteiger partial charge is 0.222 e. The molecule has 0 saturated heterocycles. The van der Waals surface area contributed by atoms with Crippen LogP contribution < -0.4 is 11.1 Å². The maximum absolute atomic E-state index is 6.03. The lowest BCUT2D eigenvalue weighted by Gasteiger charge is -2.23. The summed E-state index contributed by atoms with van der Waals surface area (Å²) in [7, 11) is 0. The third kappa shape index (κ3) is 1.71. The van der Waals surface area contributed by atoms with Gasteiger partial charge < -0.3 is 11.1 Å². The van der Waals surface area contributed by atoms with Gasteiger partial charge in [-0.25, -0.2) is 4.98 Å². The van der Waals surface area contributed by atoms with Crippen LogP contribution in [0.2, 0.25) is 5.02 Å². The van der Waals surface area contributed by atoms with Crippen molar-refractivity contribution >= 4 is 23.4 Å². The molecule has 16 heavy (non-hydrogen) atoms. The summed E-state index contributed by atoms with van der Waals surface area (Å²) in [4.78, 5) is 8.00. The molecule has 3 rings (SSSR count). The zero-order chi connectivity index (χ0) is 11.1. The third-order valence-electron chi connectivity index (χ3n) is 3.82. The molecule has 0 amide bonds. The molecule has 0 aliphatic heterocycles. The van der Waals surface area contributed by atoms with Gasteiger partial charge in [-0.3, -0.25) is 0 Å². The van der Waals surface area contributed by atoms with Crippen molar-refractivity contribution in [2.75, 3.05) is 11.1 Å². The Labute approximate surface area is 99.6 Å². The number of hydrogen-bond acceptors (Lipinski definition) is 4. The average molecular weight is 239 g/mol. The molecule has 1 aromatic heterocycles. The van der Waals surface area contributed by atoms with Crippen LogP contribution in [-0.4, -0.2) is 16.0 Å². The number of nitrogen functional groups attached to an aromatic ring is 1. The Hall–Kier alpha value is -1.03. The van der Waals surface area contributed by atoms with Gasteiger partial charge in [0.05, 0.1) is 6.20 Å². The van der Waals surface area contributed by atoms with Gasteiger partial charge >= 0.3 is 0 Å². The molecule has 4 nitrogen and oxygen atoms in total. The summed E-state index contributed by atoms with van der Waals surface area (Å²) in [5.74, 6) is 2.65. The molecule has 2 bridgehead atoms. The van der Waals surface area contributed by atoms with Gasteiger partial charge in [-0.2, -0.15) is 4.98 Å². The molecule has 86 valence electrons. The van der Waals surface area contributed by atoms with Gasteiger partial charge in [0.25, 0.3) is 0 Å². The van der Waals surface area contributed by atoms with Crippen molar-refractivity contribution in [3.05, 3.63) is 11.2 Å². The number of rotatable bonds is 2. The second kappa shape index (κ2) is 3.77. The lowest BCUT2D eigenvalue weighted by atomic mass is 9.95. The predicted molar refractivity (Wildman–Crippen MR) is 64.3 cm³/mol. The maximum atomic E-state index is 6.03. The second-order valence-electron chi connectivity index (χ2n) is 4.85. The number of nitrogens with zero attached hydrogens (tertiary/aromatic N) is 2. The van der Waals surface area contributed by atoms with E-state index in [9.17, 15) is 0 Å². The van der Waals surface area contributed by atoms with Gasteiger partial charge in [-0.1, -0.05) is 18.0 Å². The van der Waals surface area contributed by atoms with Crippen LogP contribution in [-0.2, 0) is 0 Å². The number of hydrogen-bond donors (Lipinski definition) is 2. The van der Waals surface area contributed by atoms with Crippen LogP contribution in [0.15, 0.2) is 6.20 Å². The Morgan fingerprint density at radius 3 is 2.94 bits per heavy atom. The molecule has 2 aliphatic rings. The van der Waals surface area contributed by atoms with Crippen LogP contribution in [0, 0.1) is 11.8 Å². The topological polar surface area (TPSA) is 63.8 Å². The Morgan fingerprint density at radius 1 is 1.38 bits per heavy atom. The molecule has 1 heterocycles. The molecular weight excluding hydrogens is 224 g/mol. The van der Waals surface area contributed by atoms with Crippen molar-refractivity contribution in [3.8, 4) is 0 Å². The molecular formula is C11H15ClN4. The number of fused-ring (bicyclic) bond motifs is 2. The Balaban J connectivity index is 1.76. The summed E-state index contributed by atoms with van der Waals surface area (Å²) in [5.41, 5.74) is 5.56. The Bertz CT molecular complexity index is 409. The Kier molecular flexibility index (Phi) is 2.39. The monoisotopic (exact) mass is 238 g/mol. The summed E-state index contributed by atoms with van der Waals surface area (Å²) in [6.07, 6.45) is 6.88. The Morgan fingerprint density at radius 2 is 2.25 bits per heavy atom. The SMILES string of the molecule is Nc1ncc(Cl)c(NC2CC3CCC2C3)n1. The van der Waals surface area contributed by atoms with E-state index in [1.165, 1.54) is 25.7 Å². The first kappa shape index (κ1) is 10.1. The highest BCUT2D eigenvalue weighted by molar-refractivity contribution is 6.32. The van der Waals surface area contributed by atoms with Crippen LogP contribution in [0.25, 0.3) is 0 Å². The van der Waals surface area contributed by atoms with Crippen LogP contribution in [0.1, 0.15) is 25.7 Å². The maximum Gasteiger partial charge on any atom is 0.222 e. The third-order valence-corrected chi connectivity index (χ3v) is 4.10. The predicted octanol–water partition coefficient (Wildman–Crippen LogP) is 2.31. The first-order valence-corrected chi connectivity index (χ1v) is 6.14. The molecule has 2 fully saturated rings. The van der Waals surface area contributed by atoms with E-state index in [1.807, 2.05) is 0 Å². The van der Waals surface area contributed by atoms with Gasteiger partial charge in [0.1, 0.15) is 5.02 Å². The molecule has 0 radical (unpaired) electrons. The van der Waals surface area contributed by atoms with Gasteiger partial charge in [0, 0.05) is 6.04 Å². The molecule has 5 heteroatoms. The number of halogens is 1. The first-order chi connectivity index (χ1) is 7.72. The van der Waals surface area contributed by atoms with Crippen molar-refractivity contribution in [2.24, 2.45) is 11.8 Å². The minimum atomic E-state index is 0.273. The van der Waals surface area contributed by atoms with E-state index in [1.54, 1.807) is 6.20 Å². The van der Waals surface area contributed by atoms with E-state index < -0.39 is 0 Å². The molecule has 1 aromatic rings. The van der Waals surface area contributed by atoms with Crippen LogP contribution >= 0.6 is 11.6 Å². The molecule has 0 aromatic carbocycles. The lowest BCUT2D eigenvalue weighted by molar-refractivity contribution is 0.439. The van der Waals surface area contributed by atoms with E-state index >= 15 is 0 Å². The van der Waals surface area contributed by atoms with Gasteiger partial charge in [0.2, 0.25) is 5.95 Å². The summed E-state index contributed by atoms with van der Waals surface area (Å²) in [6.45, 7) is 0. The highest BCUT2D eigenvalue weighted by atomic mass is 35.5. The van der Waals surface area contributed by atoms with Crippen molar-refractivity contribution in [3.63, 3.8) is 0 Å². The van der Waals surface area contributed by atoms with Crippen molar-refractivity contribution in [1.29, 1.82) is 0 Å². The summed E-state index contributed by atoms with van der Waals surface area (Å²) in [5, 5.41) is 3.97. The second-order valence-corrected chi connectivity index (χ2v) is 5.26. The quantitative estimate of drug-likeness (QED) is 0.830. The summed E-state index contributed by atoms with van der Waals surface area (Å²) in [6, 6.07) is 0.519. The minimum absolute atomic E-state index is 0.273. The van der Waals surface area contributed by atoms with Crippen LogP contribution in [0.3, 0.4) is 0 Å². The summed E-state index contributed by atoms with van der Waals surface area (Å²) >= 11 is 6.03. The lowest BCUT2D eigenvalue weighted by Crippen LogP contribution is -2.26. The summed E-state index contributed by atoms with van der Waals surface area (Å²) < 4.78 is 0. The number of aromatic nitrogens is 2. The molecule has 3 unspecified atom stereocenters. The van der Waals surface area contributed by atoms with Crippen LogP contribution in [0.5, 0.6) is 0 Å². The van der Waals surface area contributed by atoms with E-state index in [2.05, 4.69) is 15.3 Å². The van der Waals surface area contributed by atoms with Gasteiger partial charge in [-0.15, -0.1) is 0 Å². The fourth-order valence-electron chi connectivity index (χ4n) is 3.08. The standard InChI is InChI=1S/C11H15ClN4/c12-8-5-14-11(13)16-10(8)15-9-4-6-1-2-7(9)3-6/h5-7,9H,1-4H2,(H3,13,14,15,16). The molecule has 2 aliphatic carbocycles. The zero-order valence-electron chi connectivity index (χ0n) is 8.99. The molecule has 3 N–H and O–H groups in total. The van der Waals surface area contributed by atoms with Crippen LogP contribution in [0.4, 0.5) is 11.8 Å². The van der Waals surface area contributed by atoms with Gasteiger partial charge in [0.15, 0.2) is 5.82 Å². The van der Waals surface area contributed by atoms with E-state index in [0.717, 1.165) is 11.8 Å². The minimum Gasteiger partial charge on any atom is -0.368 e. The van der Waals surface area contributed by atoms with E-state index in [4.69, 9.17) is 17.3 Å². The fourth-order valence-corrected chi connectivity index (χ4v) is 3.22. The highest BCUT2D eigenvalue weighted by Gasteiger charge is 2.39. The average Bonchev–Trinajstić information content (AvgIpc) is 2.85. The molecule has 2 saturated carbocycles. The fraction of sp³-hybridized carbons (Fsp3) is 0.636. The highest BCUT2D eigenvalue weighted by Crippen LogP contribution is 2.45. The number of nitrogens with two attached hydrogens (primary N) is 1. The van der Waals surface area contributed by atoms with Crippen molar-refractivity contribution in [2.45, 2.75) is 31.7 Å². The van der Waals surface area contributed by atoms with Crippen molar-refractivity contribution in [1.82, 2.24) is 9.97 Å². The van der Waals surface area contributed by atoms with Crippen molar-refractivity contribution < 1.29 is 0 Å². The number of anilines is 2. The van der Waals surface area contributed by atoms with Gasteiger partial charge in [-0.05, 0) is 31.1 Å². The molecule has 3 atom stereocenters. The molecule has 0 spiro atoms. The number of nitrogens with one attached hydrogen (secondary N) is 1. The largest absolute Gasteiger partial charge is 0.368 e. The van der Waals surface area contributed by atoms with E-state index in [-0.39, 0.29) is 5.95 Å². The normalized spacial score (nSPS) is 31.9. The first-order valence-electron chi connectivity index (χ1n) is 5.77.